The molecule has 2 rings (SSSR count). The van der Waals surface area contributed by atoms with Crippen LogP contribution in [0.1, 0.15) is 43.6 Å². The van der Waals surface area contributed by atoms with E-state index < -0.39 is 0 Å². The van der Waals surface area contributed by atoms with Crippen LogP contribution in [-0.2, 0) is 11.3 Å². The number of carbonyl (C=O) groups is 1. The Balaban J connectivity index is 1.90. The minimum atomic E-state index is -0.185. The van der Waals surface area contributed by atoms with Crippen molar-refractivity contribution >= 4 is 5.91 Å². The molecule has 0 aliphatic heterocycles. The minimum Gasteiger partial charge on any atom is -0.475 e. The van der Waals surface area contributed by atoms with E-state index in [0.717, 1.165) is 5.56 Å². The molecule has 0 bridgehead atoms. The number of hydrogen-bond acceptors (Lipinski definition) is 4. The Bertz CT molecular complexity index is 679. The third kappa shape index (κ3) is 6.48. The monoisotopic (exact) mass is 356 g/mol. The molecule has 0 radical (unpaired) electrons. The van der Waals surface area contributed by atoms with Gasteiger partial charge in [-0.15, -0.1) is 0 Å². The summed E-state index contributed by atoms with van der Waals surface area (Å²) in [7, 11) is 0. The fourth-order valence-electron chi connectivity index (χ4n) is 2.40. The second kappa shape index (κ2) is 9.34. The van der Waals surface area contributed by atoms with Gasteiger partial charge in [0.2, 0.25) is 5.88 Å². The molecule has 5 heteroatoms. The molecule has 0 N–H and O–H groups in total. The number of pyridine rings is 1. The highest BCUT2D eigenvalue weighted by atomic mass is 16.5. The summed E-state index contributed by atoms with van der Waals surface area (Å²) in [6, 6.07) is 13.4. The second-order valence-corrected chi connectivity index (χ2v) is 7.00. The Kier molecular flexibility index (Phi) is 7.16. The molecule has 1 amide bonds. The molecule has 0 fully saturated rings. The largest absolute Gasteiger partial charge is 0.475 e. The number of ether oxygens (including phenoxy) is 2. The van der Waals surface area contributed by atoms with E-state index in [1.165, 1.54) is 0 Å². The Morgan fingerprint density at radius 1 is 1.08 bits per heavy atom. The van der Waals surface area contributed by atoms with Crippen molar-refractivity contribution in [3.8, 4) is 5.88 Å². The van der Waals surface area contributed by atoms with Crippen LogP contribution in [0.5, 0.6) is 5.88 Å². The number of hydrogen-bond donors (Lipinski definition) is 0. The number of carbonyl (C=O) groups excluding carboxylic acids is 1. The molecule has 140 valence electrons. The maximum Gasteiger partial charge on any atom is 0.255 e. The first-order valence-corrected chi connectivity index (χ1v) is 8.95. The number of nitrogens with zero attached hydrogens (tertiary/aromatic N) is 2. The van der Waals surface area contributed by atoms with Crippen molar-refractivity contribution in [2.45, 2.75) is 39.8 Å². The van der Waals surface area contributed by atoms with Crippen LogP contribution in [0, 0.1) is 0 Å². The summed E-state index contributed by atoms with van der Waals surface area (Å²) in [4.78, 5) is 18.7. The number of amides is 1. The molecule has 26 heavy (non-hydrogen) atoms. The lowest BCUT2D eigenvalue weighted by Gasteiger charge is -2.21. The summed E-state index contributed by atoms with van der Waals surface area (Å²) in [5, 5.41) is 0. The standard InChI is InChI=1S/C21H28N2O3/c1-5-23(16-17-9-7-6-8-10-17)20(24)18-11-12-19(22-15-18)25-13-14-26-21(2,3)4/h6-12,15H,5,13-14,16H2,1-4H3. The van der Waals surface area contributed by atoms with Crippen LogP contribution in [0.3, 0.4) is 0 Å². The van der Waals surface area contributed by atoms with Gasteiger partial charge < -0.3 is 14.4 Å². The van der Waals surface area contributed by atoms with Crippen molar-refractivity contribution in [3.63, 3.8) is 0 Å². The summed E-state index contributed by atoms with van der Waals surface area (Å²) in [6.45, 7) is 10.1. The molecule has 1 aromatic carbocycles. The van der Waals surface area contributed by atoms with E-state index in [1.54, 1.807) is 23.2 Å². The van der Waals surface area contributed by atoms with E-state index in [1.807, 2.05) is 58.0 Å². The van der Waals surface area contributed by atoms with Gasteiger partial charge in [0.25, 0.3) is 5.91 Å². The Labute approximate surface area is 156 Å². The molecule has 0 spiro atoms. The molecule has 2 aromatic rings. The van der Waals surface area contributed by atoms with Gasteiger partial charge >= 0.3 is 0 Å². The average Bonchev–Trinajstić information content (AvgIpc) is 2.63. The predicted molar refractivity (Wildman–Crippen MR) is 102 cm³/mol. The smallest absolute Gasteiger partial charge is 0.255 e. The van der Waals surface area contributed by atoms with Crippen molar-refractivity contribution in [2.75, 3.05) is 19.8 Å². The van der Waals surface area contributed by atoms with Crippen LogP contribution in [0.4, 0.5) is 0 Å². The lowest BCUT2D eigenvalue weighted by atomic mass is 10.2. The van der Waals surface area contributed by atoms with Crippen LogP contribution in [-0.4, -0.2) is 41.2 Å². The van der Waals surface area contributed by atoms with Crippen LogP contribution < -0.4 is 4.74 Å². The third-order valence-electron chi connectivity index (χ3n) is 3.74. The zero-order chi connectivity index (χ0) is 19.0. The first kappa shape index (κ1) is 19.9. The first-order valence-electron chi connectivity index (χ1n) is 8.95. The molecule has 0 saturated carbocycles. The predicted octanol–water partition coefficient (Wildman–Crippen LogP) is 3.94. The Hall–Kier alpha value is -2.40. The normalized spacial score (nSPS) is 11.2. The zero-order valence-electron chi connectivity index (χ0n) is 16.1. The molecular formula is C21H28N2O3. The fourth-order valence-corrected chi connectivity index (χ4v) is 2.40. The molecular weight excluding hydrogens is 328 g/mol. The molecule has 0 aliphatic rings. The van der Waals surface area contributed by atoms with Gasteiger partial charge in [-0.1, -0.05) is 30.3 Å². The average molecular weight is 356 g/mol. The molecule has 5 nitrogen and oxygen atoms in total. The maximum absolute atomic E-state index is 12.7. The summed E-state index contributed by atoms with van der Waals surface area (Å²) in [5.41, 5.74) is 1.48. The van der Waals surface area contributed by atoms with Crippen molar-refractivity contribution in [1.29, 1.82) is 0 Å². The first-order chi connectivity index (χ1) is 12.4. The van der Waals surface area contributed by atoms with Gasteiger partial charge in [0.1, 0.15) is 6.61 Å². The summed E-state index contributed by atoms with van der Waals surface area (Å²) >= 11 is 0. The zero-order valence-corrected chi connectivity index (χ0v) is 16.1. The van der Waals surface area contributed by atoms with Gasteiger partial charge in [0.15, 0.2) is 0 Å². The van der Waals surface area contributed by atoms with Gasteiger partial charge in [0.05, 0.1) is 17.8 Å². The Morgan fingerprint density at radius 3 is 2.38 bits per heavy atom. The van der Waals surface area contributed by atoms with Gasteiger partial charge in [-0.3, -0.25) is 4.79 Å². The number of benzene rings is 1. The topological polar surface area (TPSA) is 51.7 Å². The van der Waals surface area contributed by atoms with Crippen LogP contribution >= 0.6 is 0 Å². The van der Waals surface area contributed by atoms with Crippen LogP contribution in [0.15, 0.2) is 48.7 Å². The lowest BCUT2D eigenvalue weighted by molar-refractivity contribution is -0.0168. The fraction of sp³-hybridized carbons (Fsp3) is 0.429. The second-order valence-electron chi connectivity index (χ2n) is 7.00. The van der Waals surface area contributed by atoms with Crippen molar-refractivity contribution in [1.82, 2.24) is 9.88 Å². The van der Waals surface area contributed by atoms with Crippen molar-refractivity contribution in [2.24, 2.45) is 0 Å². The van der Waals surface area contributed by atoms with Gasteiger partial charge in [0, 0.05) is 25.4 Å². The number of aromatic nitrogens is 1. The van der Waals surface area contributed by atoms with E-state index in [-0.39, 0.29) is 11.5 Å². The van der Waals surface area contributed by atoms with Gasteiger partial charge in [-0.25, -0.2) is 4.98 Å². The minimum absolute atomic E-state index is 0.0357. The molecule has 0 saturated heterocycles. The highest BCUT2D eigenvalue weighted by Gasteiger charge is 2.15. The molecule has 0 atom stereocenters. The molecule has 0 aliphatic carbocycles. The van der Waals surface area contributed by atoms with E-state index in [2.05, 4.69) is 4.98 Å². The van der Waals surface area contributed by atoms with Crippen LogP contribution in [0.25, 0.3) is 0 Å². The Morgan fingerprint density at radius 2 is 1.81 bits per heavy atom. The lowest BCUT2D eigenvalue weighted by Crippen LogP contribution is -2.30. The SMILES string of the molecule is CCN(Cc1ccccc1)C(=O)c1ccc(OCCOC(C)(C)C)nc1. The summed E-state index contributed by atoms with van der Waals surface area (Å²) in [6.07, 6.45) is 1.57. The van der Waals surface area contributed by atoms with E-state index >= 15 is 0 Å². The quantitative estimate of drug-likeness (QED) is 0.672. The van der Waals surface area contributed by atoms with Crippen LogP contribution in [0.2, 0.25) is 0 Å². The van der Waals surface area contributed by atoms with E-state index in [0.29, 0.717) is 37.7 Å². The molecule has 0 unspecified atom stereocenters. The van der Waals surface area contributed by atoms with Gasteiger partial charge in [-0.2, -0.15) is 0 Å². The van der Waals surface area contributed by atoms with E-state index in [4.69, 9.17) is 9.47 Å². The third-order valence-corrected chi connectivity index (χ3v) is 3.74. The van der Waals surface area contributed by atoms with Crippen molar-refractivity contribution in [3.05, 3.63) is 59.8 Å². The summed E-state index contributed by atoms with van der Waals surface area (Å²) in [5.74, 6) is 0.455. The maximum atomic E-state index is 12.7. The highest BCUT2D eigenvalue weighted by molar-refractivity contribution is 5.93. The highest BCUT2D eigenvalue weighted by Crippen LogP contribution is 2.13. The van der Waals surface area contributed by atoms with Crippen molar-refractivity contribution < 1.29 is 14.3 Å². The van der Waals surface area contributed by atoms with Gasteiger partial charge in [-0.05, 0) is 39.3 Å². The molecule has 1 heterocycles. The van der Waals surface area contributed by atoms with E-state index in [9.17, 15) is 4.79 Å². The molecule has 1 aromatic heterocycles. The number of rotatable bonds is 8. The summed E-state index contributed by atoms with van der Waals surface area (Å²) < 4.78 is 11.2.